The molecule has 4 aliphatic rings. The zero-order valence-electron chi connectivity index (χ0n) is 23.6. The molecule has 2 saturated carbocycles. The van der Waals surface area contributed by atoms with Crippen LogP contribution in [0.3, 0.4) is 0 Å². The molecular formula is C32H35ClN4O5. The SMILES string of the molecule is CCC[C@H](NC(=O)[C@@H]1C[C@]2(CC(c3cccc(Cl)c3)=NO2)CN1C(=O)C1CC1c1ccccc1)C(=O)C(=O)NC1CC1. The molecule has 1 spiro atoms. The molecule has 3 fully saturated rings. The molecule has 0 aromatic heterocycles. The number of halogens is 1. The second kappa shape index (κ2) is 11.5. The van der Waals surface area contributed by atoms with Crippen LogP contribution in [0, 0.1) is 5.92 Å². The Morgan fingerprint density at radius 1 is 1.12 bits per heavy atom. The number of hydrogen-bond acceptors (Lipinski definition) is 6. The van der Waals surface area contributed by atoms with Gasteiger partial charge in [0, 0.05) is 35.4 Å². The Hall–Kier alpha value is -3.72. The first-order valence-corrected chi connectivity index (χ1v) is 15.2. The van der Waals surface area contributed by atoms with E-state index in [4.69, 9.17) is 16.4 Å². The molecule has 2 unspecified atom stereocenters. The zero-order chi connectivity index (χ0) is 29.4. The van der Waals surface area contributed by atoms with Gasteiger partial charge in [-0.1, -0.05) is 72.6 Å². The summed E-state index contributed by atoms with van der Waals surface area (Å²) in [7, 11) is 0. The normalized spacial score (nSPS) is 26.8. The first kappa shape index (κ1) is 28.4. The number of carbonyl (C=O) groups excluding carboxylic acids is 4. The van der Waals surface area contributed by atoms with Crippen molar-refractivity contribution in [3.63, 3.8) is 0 Å². The minimum absolute atomic E-state index is 0.0338. The highest BCUT2D eigenvalue weighted by atomic mass is 35.5. The van der Waals surface area contributed by atoms with Gasteiger partial charge in [-0.15, -0.1) is 0 Å². The number of nitrogens with zero attached hydrogens (tertiary/aromatic N) is 2. The van der Waals surface area contributed by atoms with Crippen LogP contribution in [0.2, 0.25) is 5.02 Å². The molecule has 42 heavy (non-hydrogen) atoms. The van der Waals surface area contributed by atoms with Gasteiger partial charge in [0.15, 0.2) is 5.60 Å². The number of carbonyl (C=O) groups is 4. The molecule has 10 heteroatoms. The summed E-state index contributed by atoms with van der Waals surface area (Å²) in [6, 6.07) is 15.5. The van der Waals surface area contributed by atoms with Gasteiger partial charge in [0.1, 0.15) is 6.04 Å². The highest BCUT2D eigenvalue weighted by molar-refractivity contribution is 6.38. The van der Waals surface area contributed by atoms with Gasteiger partial charge in [-0.2, -0.15) is 0 Å². The fraction of sp³-hybridized carbons (Fsp3) is 0.469. The van der Waals surface area contributed by atoms with Crippen molar-refractivity contribution in [2.24, 2.45) is 11.1 Å². The van der Waals surface area contributed by atoms with Crippen LogP contribution < -0.4 is 10.6 Å². The van der Waals surface area contributed by atoms with E-state index < -0.39 is 35.3 Å². The van der Waals surface area contributed by atoms with Crippen molar-refractivity contribution in [3.8, 4) is 0 Å². The summed E-state index contributed by atoms with van der Waals surface area (Å²) in [6.07, 6.45) is 3.99. The predicted octanol–water partition coefficient (Wildman–Crippen LogP) is 3.74. The van der Waals surface area contributed by atoms with Crippen molar-refractivity contribution < 1.29 is 24.0 Å². The predicted molar refractivity (Wildman–Crippen MR) is 157 cm³/mol. The van der Waals surface area contributed by atoms with E-state index in [2.05, 4.69) is 15.8 Å². The number of Topliss-reactive ketones (excluding diaryl/α,β-unsaturated/α-hetero) is 1. The van der Waals surface area contributed by atoms with Crippen LogP contribution in [-0.4, -0.2) is 64.4 Å². The van der Waals surface area contributed by atoms with E-state index in [1.54, 1.807) is 11.0 Å². The Labute approximate surface area is 250 Å². The largest absolute Gasteiger partial charge is 0.387 e. The summed E-state index contributed by atoms with van der Waals surface area (Å²) < 4.78 is 0. The minimum atomic E-state index is -0.962. The summed E-state index contributed by atoms with van der Waals surface area (Å²) >= 11 is 6.21. The van der Waals surface area contributed by atoms with E-state index in [1.807, 2.05) is 55.5 Å². The number of likely N-dealkylation sites (tertiary alicyclic amines) is 1. The topological polar surface area (TPSA) is 117 Å². The summed E-state index contributed by atoms with van der Waals surface area (Å²) in [6.45, 7) is 2.09. The van der Waals surface area contributed by atoms with Gasteiger partial charge in [-0.05, 0) is 49.3 Å². The maximum atomic E-state index is 13.9. The van der Waals surface area contributed by atoms with Crippen molar-refractivity contribution >= 4 is 40.8 Å². The van der Waals surface area contributed by atoms with Crippen molar-refractivity contribution in [2.75, 3.05) is 6.54 Å². The fourth-order valence-electron chi connectivity index (χ4n) is 6.17. The average Bonchev–Trinajstić information content (AvgIpc) is 3.91. The van der Waals surface area contributed by atoms with E-state index >= 15 is 0 Å². The number of ketones is 1. The number of amides is 3. The van der Waals surface area contributed by atoms with Gasteiger partial charge in [0.25, 0.3) is 5.91 Å². The summed E-state index contributed by atoms with van der Waals surface area (Å²) in [5.41, 5.74) is 1.76. The van der Waals surface area contributed by atoms with Crippen LogP contribution in [0.25, 0.3) is 0 Å². The van der Waals surface area contributed by atoms with E-state index in [0.717, 1.165) is 24.0 Å². The molecule has 0 bridgehead atoms. The molecule has 0 radical (unpaired) electrons. The lowest BCUT2D eigenvalue weighted by atomic mass is 9.91. The Morgan fingerprint density at radius 2 is 1.90 bits per heavy atom. The van der Waals surface area contributed by atoms with Gasteiger partial charge in [0.05, 0.1) is 18.3 Å². The van der Waals surface area contributed by atoms with Crippen LogP contribution in [0.4, 0.5) is 0 Å². The van der Waals surface area contributed by atoms with Crippen LogP contribution >= 0.6 is 11.6 Å². The third-order valence-corrected chi connectivity index (χ3v) is 8.90. The Bertz CT molecular complexity index is 1430. The molecular weight excluding hydrogens is 556 g/mol. The van der Waals surface area contributed by atoms with E-state index in [1.165, 1.54) is 0 Å². The highest BCUT2D eigenvalue weighted by Gasteiger charge is 2.57. The molecule has 220 valence electrons. The first-order chi connectivity index (χ1) is 20.3. The summed E-state index contributed by atoms with van der Waals surface area (Å²) in [5, 5.41) is 10.5. The minimum Gasteiger partial charge on any atom is -0.387 e. The number of oxime groups is 1. The maximum Gasteiger partial charge on any atom is 0.289 e. The quantitative estimate of drug-likeness (QED) is 0.409. The number of hydrogen-bond donors (Lipinski definition) is 2. The lowest BCUT2D eigenvalue weighted by Crippen LogP contribution is -2.53. The monoisotopic (exact) mass is 590 g/mol. The third kappa shape index (κ3) is 5.93. The van der Waals surface area contributed by atoms with Crippen molar-refractivity contribution in [3.05, 3.63) is 70.7 Å². The van der Waals surface area contributed by atoms with E-state index in [0.29, 0.717) is 36.4 Å². The molecule has 9 nitrogen and oxygen atoms in total. The highest BCUT2D eigenvalue weighted by Crippen LogP contribution is 2.50. The van der Waals surface area contributed by atoms with Gasteiger partial charge < -0.3 is 20.4 Å². The van der Waals surface area contributed by atoms with Gasteiger partial charge >= 0.3 is 0 Å². The van der Waals surface area contributed by atoms with Crippen LogP contribution in [-0.2, 0) is 24.0 Å². The molecule has 2 aliphatic carbocycles. The third-order valence-electron chi connectivity index (χ3n) is 8.66. The number of rotatable bonds is 10. The second-order valence-electron chi connectivity index (χ2n) is 12.0. The summed E-state index contributed by atoms with van der Waals surface area (Å²) in [4.78, 5) is 60.9. The zero-order valence-corrected chi connectivity index (χ0v) is 24.3. The molecule has 2 N–H and O–H groups in total. The molecule has 5 atom stereocenters. The first-order valence-electron chi connectivity index (χ1n) is 14.8. The van der Waals surface area contributed by atoms with Gasteiger partial charge in [-0.25, -0.2) is 0 Å². The van der Waals surface area contributed by atoms with E-state index in [9.17, 15) is 19.2 Å². The molecule has 3 amide bonds. The molecule has 6 rings (SSSR count). The Balaban J connectivity index is 1.21. The standard InChI is InChI=1S/C32H35ClN4O5/c1-2-7-25(28(38)30(40)34-22-12-13-22)35-29(39)27-17-32(16-26(36-42-32)20-10-6-11-21(33)14-20)18-37(27)31(41)24-15-23(24)19-8-4-3-5-9-19/h3-6,8-11,14,22-25,27H,2,7,12-13,15-18H2,1H3,(H,34,40)(H,35,39)/t23?,24?,25-,27-,32+/m0/s1. The lowest BCUT2D eigenvalue weighted by Gasteiger charge is -2.26. The Morgan fingerprint density at radius 3 is 2.62 bits per heavy atom. The van der Waals surface area contributed by atoms with Crippen LogP contribution in [0.15, 0.2) is 59.8 Å². The average molecular weight is 591 g/mol. The van der Waals surface area contributed by atoms with Crippen LogP contribution in [0.5, 0.6) is 0 Å². The summed E-state index contributed by atoms with van der Waals surface area (Å²) in [5.74, 6) is -2.02. The molecule has 2 aromatic rings. The van der Waals surface area contributed by atoms with E-state index in [-0.39, 0.29) is 36.8 Å². The second-order valence-corrected chi connectivity index (χ2v) is 12.4. The maximum absolute atomic E-state index is 13.9. The number of benzene rings is 2. The lowest BCUT2D eigenvalue weighted by molar-refractivity contribution is -0.142. The van der Waals surface area contributed by atoms with Gasteiger partial charge in [0.2, 0.25) is 17.6 Å². The van der Waals surface area contributed by atoms with Crippen molar-refractivity contribution in [1.29, 1.82) is 0 Å². The van der Waals surface area contributed by atoms with Crippen LogP contribution in [0.1, 0.15) is 68.9 Å². The Kier molecular flexibility index (Phi) is 7.79. The molecule has 2 aromatic carbocycles. The smallest absolute Gasteiger partial charge is 0.289 e. The van der Waals surface area contributed by atoms with Crippen molar-refractivity contribution in [2.45, 2.75) is 81.5 Å². The van der Waals surface area contributed by atoms with Crippen molar-refractivity contribution in [1.82, 2.24) is 15.5 Å². The molecule has 2 heterocycles. The fourth-order valence-corrected chi connectivity index (χ4v) is 6.36. The van der Waals surface area contributed by atoms with Gasteiger partial charge in [-0.3, -0.25) is 19.2 Å². The number of nitrogens with one attached hydrogen (secondary N) is 2. The molecule has 1 saturated heterocycles. The molecule has 2 aliphatic heterocycles.